The molecule has 5 nitrogen and oxygen atoms in total. The van der Waals surface area contributed by atoms with Crippen LogP contribution >= 0.6 is 7.37 Å². The van der Waals surface area contributed by atoms with E-state index in [0.717, 1.165) is 0 Å². The highest BCUT2D eigenvalue weighted by Gasteiger charge is 2.32. The molecule has 0 aliphatic carbocycles. The lowest BCUT2D eigenvalue weighted by atomic mass is 10.0. The van der Waals surface area contributed by atoms with Gasteiger partial charge >= 0.3 is 13.3 Å². The molecule has 0 fully saturated rings. The third-order valence-corrected chi connectivity index (χ3v) is 6.69. The molecule has 3 rings (SSSR count). The highest BCUT2D eigenvalue weighted by Crippen LogP contribution is 2.45. The van der Waals surface area contributed by atoms with Gasteiger partial charge < -0.3 is 14.7 Å². The van der Waals surface area contributed by atoms with Crippen LogP contribution in [0.25, 0.3) is 0 Å². The predicted octanol–water partition coefficient (Wildman–Crippen LogP) is 3.19. The number of hydrogen-bond acceptors (Lipinski definition) is 5. The van der Waals surface area contributed by atoms with Gasteiger partial charge in [0.15, 0.2) is 0 Å². The standard InChI is InChI=1S/C22H21O5P/c23-15-14-21(24)17-8-7-9-18(16-17)22(25)27-28(26,19-10-3-1-4-11-19)20-12-5-2-6-13-20/h1-13,16,21,23-24H,14-15H2. The van der Waals surface area contributed by atoms with Crippen LogP contribution in [0.3, 0.4) is 0 Å². The van der Waals surface area contributed by atoms with E-state index in [-0.39, 0.29) is 18.6 Å². The molecule has 144 valence electrons. The molecule has 3 aromatic rings. The van der Waals surface area contributed by atoms with E-state index in [4.69, 9.17) is 9.63 Å². The Balaban J connectivity index is 1.95. The van der Waals surface area contributed by atoms with Crippen molar-refractivity contribution in [3.8, 4) is 0 Å². The lowest BCUT2D eigenvalue weighted by molar-refractivity contribution is 0.0746. The molecule has 0 amide bonds. The Morgan fingerprint density at radius 2 is 1.46 bits per heavy atom. The monoisotopic (exact) mass is 396 g/mol. The topological polar surface area (TPSA) is 83.8 Å². The summed E-state index contributed by atoms with van der Waals surface area (Å²) in [6.07, 6.45) is -0.738. The predicted molar refractivity (Wildman–Crippen MR) is 108 cm³/mol. The number of aliphatic hydroxyl groups is 2. The maximum atomic E-state index is 13.8. The van der Waals surface area contributed by atoms with E-state index in [2.05, 4.69) is 0 Å². The number of benzene rings is 3. The van der Waals surface area contributed by atoms with E-state index in [0.29, 0.717) is 16.2 Å². The molecule has 2 N–H and O–H groups in total. The van der Waals surface area contributed by atoms with Crippen LogP contribution in [0.1, 0.15) is 28.4 Å². The van der Waals surface area contributed by atoms with Crippen LogP contribution in [0.15, 0.2) is 84.9 Å². The third kappa shape index (κ3) is 4.39. The summed E-state index contributed by atoms with van der Waals surface area (Å²) < 4.78 is 19.4. The van der Waals surface area contributed by atoms with Crippen molar-refractivity contribution in [2.75, 3.05) is 6.61 Å². The van der Waals surface area contributed by atoms with E-state index < -0.39 is 19.4 Å². The Hall–Kier alpha value is -2.72. The van der Waals surface area contributed by atoms with Crippen molar-refractivity contribution in [1.29, 1.82) is 0 Å². The van der Waals surface area contributed by atoms with E-state index in [9.17, 15) is 14.5 Å². The summed E-state index contributed by atoms with van der Waals surface area (Å²) in [5, 5.41) is 19.9. The van der Waals surface area contributed by atoms with E-state index in [1.165, 1.54) is 12.1 Å². The first-order valence-corrected chi connectivity index (χ1v) is 10.5. The van der Waals surface area contributed by atoms with Crippen LogP contribution in [-0.4, -0.2) is 22.8 Å². The average Bonchev–Trinajstić information content (AvgIpc) is 2.75. The molecule has 0 aromatic heterocycles. The number of aliphatic hydroxyl groups excluding tert-OH is 2. The van der Waals surface area contributed by atoms with Crippen LogP contribution in [0.2, 0.25) is 0 Å². The van der Waals surface area contributed by atoms with Crippen molar-refractivity contribution in [3.63, 3.8) is 0 Å². The van der Waals surface area contributed by atoms with Gasteiger partial charge in [0.2, 0.25) is 0 Å². The lowest BCUT2D eigenvalue weighted by Gasteiger charge is -2.19. The summed E-state index contributed by atoms with van der Waals surface area (Å²) >= 11 is 0. The molecule has 1 unspecified atom stereocenters. The van der Waals surface area contributed by atoms with Gasteiger partial charge in [-0.25, -0.2) is 4.79 Å². The van der Waals surface area contributed by atoms with Gasteiger partial charge in [-0.15, -0.1) is 0 Å². The van der Waals surface area contributed by atoms with Crippen molar-refractivity contribution in [2.45, 2.75) is 12.5 Å². The SMILES string of the molecule is O=C(OP(=O)(c1ccccc1)c1ccccc1)c1cccc(C(O)CCO)c1. The first-order chi connectivity index (χ1) is 13.5. The van der Waals surface area contributed by atoms with Crippen molar-refractivity contribution in [2.24, 2.45) is 0 Å². The number of carbonyl (C=O) groups excluding carboxylic acids is 1. The number of carbonyl (C=O) groups is 1. The van der Waals surface area contributed by atoms with E-state index in [1.807, 2.05) is 0 Å². The first kappa shape index (κ1) is 20.0. The summed E-state index contributed by atoms with van der Waals surface area (Å²) in [7, 11) is -3.65. The minimum atomic E-state index is -3.65. The molecule has 0 heterocycles. The summed E-state index contributed by atoms with van der Waals surface area (Å²) in [5.41, 5.74) is 0.666. The van der Waals surface area contributed by atoms with Gasteiger partial charge in [-0.2, -0.15) is 0 Å². The normalized spacial score (nSPS) is 12.4. The molecule has 0 aliphatic rings. The van der Waals surface area contributed by atoms with Gasteiger partial charge in [-0.1, -0.05) is 48.5 Å². The van der Waals surface area contributed by atoms with E-state index in [1.54, 1.807) is 72.8 Å². The first-order valence-electron chi connectivity index (χ1n) is 8.88. The highest BCUT2D eigenvalue weighted by atomic mass is 31.2. The second-order valence-corrected chi connectivity index (χ2v) is 8.57. The zero-order valence-electron chi connectivity index (χ0n) is 15.1. The quantitative estimate of drug-likeness (QED) is 0.600. The summed E-state index contributed by atoms with van der Waals surface area (Å²) in [6, 6.07) is 23.5. The third-order valence-electron chi connectivity index (χ3n) is 4.31. The maximum Gasteiger partial charge on any atom is 0.343 e. The zero-order chi connectivity index (χ0) is 20.0. The molecule has 28 heavy (non-hydrogen) atoms. The fourth-order valence-corrected chi connectivity index (χ4v) is 4.81. The second-order valence-electron chi connectivity index (χ2n) is 6.25. The van der Waals surface area contributed by atoms with Crippen LogP contribution in [0.4, 0.5) is 0 Å². The van der Waals surface area contributed by atoms with Gasteiger partial charge in [0.05, 0.1) is 22.3 Å². The van der Waals surface area contributed by atoms with Crippen molar-refractivity contribution in [1.82, 2.24) is 0 Å². The summed E-state index contributed by atoms with van der Waals surface area (Å²) in [4.78, 5) is 12.8. The Labute approximate surface area is 163 Å². The van der Waals surface area contributed by atoms with Gasteiger partial charge in [-0.05, 0) is 42.0 Å². The Bertz CT molecular complexity index is 929. The van der Waals surface area contributed by atoms with Gasteiger partial charge in [0, 0.05) is 13.0 Å². The van der Waals surface area contributed by atoms with Crippen LogP contribution in [0, 0.1) is 0 Å². The van der Waals surface area contributed by atoms with Crippen molar-refractivity contribution in [3.05, 3.63) is 96.1 Å². The molecular formula is C22H21O5P. The van der Waals surface area contributed by atoms with Crippen LogP contribution in [0.5, 0.6) is 0 Å². The Morgan fingerprint density at radius 3 is 2.00 bits per heavy atom. The lowest BCUT2D eigenvalue weighted by Crippen LogP contribution is -2.21. The molecule has 1 atom stereocenters. The van der Waals surface area contributed by atoms with Gasteiger partial charge in [0.25, 0.3) is 0 Å². The largest absolute Gasteiger partial charge is 0.401 e. The van der Waals surface area contributed by atoms with Crippen LogP contribution in [-0.2, 0) is 9.09 Å². The average molecular weight is 396 g/mol. The molecule has 0 radical (unpaired) electrons. The Morgan fingerprint density at radius 1 is 0.893 bits per heavy atom. The second kappa shape index (κ2) is 8.98. The maximum absolute atomic E-state index is 13.8. The zero-order valence-corrected chi connectivity index (χ0v) is 16.0. The highest BCUT2D eigenvalue weighted by molar-refractivity contribution is 7.74. The molecular weight excluding hydrogens is 375 g/mol. The van der Waals surface area contributed by atoms with E-state index >= 15 is 0 Å². The fraction of sp³-hybridized carbons (Fsp3) is 0.136. The number of rotatable bonds is 7. The minimum absolute atomic E-state index is 0.158. The van der Waals surface area contributed by atoms with Crippen molar-refractivity contribution < 1.29 is 24.1 Å². The fourth-order valence-electron chi connectivity index (χ4n) is 2.83. The molecule has 0 spiro atoms. The Kier molecular flexibility index (Phi) is 6.42. The van der Waals surface area contributed by atoms with Crippen LogP contribution < -0.4 is 10.6 Å². The molecule has 0 bridgehead atoms. The minimum Gasteiger partial charge on any atom is -0.401 e. The molecule has 0 saturated heterocycles. The van der Waals surface area contributed by atoms with Gasteiger partial charge in [-0.3, -0.25) is 4.57 Å². The van der Waals surface area contributed by atoms with Crippen molar-refractivity contribution >= 4 is 23.9 Å². The van der Waals surface area contributed by atoms with Gasteiger partial charge in [0.1, 0.15) is 0 Å². The smallest absolute Gasteiger partial charge is 0.343 e. The molecule has 3 aromatic carbocycles. The molecule has 6 heteroatoms. The summed E-state index contributed by atoms with van der Waals surface area (Å²) in [6.45, 7) is -0.174. The molecule has 0 saturated carbocycles. The number of hydrogen-bond donors (Lipinski definition) is 2. The summed E-state index contributed by atoms with van der Waals surface area (Å²) in [5.74, 6) is -0.742. The molecule has 0 aliphatic heterocycles.